The van der Waals surface area contributed by atoms with Gasteiger partial charge in [0.05, 0.1) is 11.0 Å². The van der Waals surface area contributed by atoms with E-state index in [1.165, 1.54) is 12.1 Å². The van der Waals surface area contributed by atoms with Gasteiger partial charge in [-0.3, -0.25) is 4.79 Å². The molecule has 1 N–H and O–H groups in total. The van der Waals surface area contributed by atoms with Gasteiger partial charge in [0.2, 0.25) is 0 Å². The van der Waals surface area contributed by atoms with Crippen molar-refractivity contribution in [1.82, 2.24) is 9.55 Å². The van der Waals surface area contributed by atoms with Crippen molar-refractivity contribution < 1.29 is 14.3 Å². The Bertz CT molecular complexity index is 827. The Morgan fingerprint density at radius 1 is 1.27 bits per heavy atom. The van der Waals surface area contributed by atoms with Crippen molar-refractivity contribution in [2.24, 2.45) is 7.05 Å². The standard InChI is InChI=1S/C17H15FN2O2/c1-20-15-8-7-12(18)10-14(15)19-16(20)13(17(21)22)9-11-5-3-2-4-6-11/h2-8,10,13H,9H2,1H3,(H,21,22). The number of carboxylic acid groups (broad SMARTS) is 1. The lowest BCUT2D eigenvalue weighted by atomic mass is 9.98. The molecule has 0 amide bonds. The van der Waals surface area contributed by atoms with Gasteiger partial charge in [0, 0.05) is 13.1 Å². The monoisotopic (exact) mass is 298 g/mol. The molecule has 0 fully saturated rings. The highest BCUT2D eigenvalue weighted by Gasteiger charge is 2.26. The minimum absolute atomic E-state index is 0.343. The average Bonchev–Trinajstić information content (AvgIpc) is 2.81. The number of nitrogens with zero attached hydrogens (tertiary/aromatic N) is 2. The van der Waals surface area contributed by atoms with Crippen molar-refractivity contribution >= 4 is 17.0 Å². The molecule has 0 saturated carbocycles. The van der Waals surface area contributed by atoms with Crippen LogP contribution in [0.5, 0.6) is 0 Å². The first-order valence-electron chi connectivity index (χ1n) is 6.95. The second kappa shape index (κ2) is 5.60. The number of hydrogen-bond donors (Lipinski definition) is 1. The zero-order chi connectivity index (χ0) is 15.7. The van der Waals surface area contributed by atoms with Crippen LogP contribution in [0.15, 0.2) is 48.5 Å². The van der Waals surface area contributed by atoms with Crippen LogP contribution in [0.2, 0.25) is 0 Å². The van der Waals surface area contributed by atoms with E-state index in [4.69, 9.17) is 0 Å². The number of aromatic nitrogens is 2. The number of fused-ring (bicyclic) bond motifs is 1. The second-order valence-electron chi connectivity index (χ2n) is 5.24. The lowest BCUT2D eigenvalue weighted by Crippen LogP contribution is -2.18. The highest BCUT2D eigenvalue weighted by molar-refractivity contribution is 5.80. The maximum atomic E-state index is 13.3. The quantitative estimate of drug-likeness (QED) is 0.805. The third kappa shape index (κ3) is 2.57. The molecule has 0 radical (unpaired) electrons. The van der Waals surface area contributed by atoms with Crippen LogP contribution in [0.1, 0.15) is 17.3 Å². The maximum Gasteiger partial charge on any atom is 0.314 e. The normalized spacial score (nSPS) is 12.5. The molecule has 1 heterocycles. The fraction of sp³-hybridized carbons (Fsp3) is 0.176. The summed E-state index contributed by atoms with van der Waals surface area (Å²) in [6.07, 6.45) is 0.343. The highest BCUT2D eigenvalue weighted by Crippen LogP contribution is 2.25. The van der Waals surface area contributed by atoms with Crippen molar-refractivity contribution in [2.75, 3.05) is 0 Å². The average molecular weight is 298 g/mol. The van der Waals surface area contributed by atoms with Gasteiger partial charge in [0.15, 0.2) is 0 Å². The fourth-order valence-corrected chi connectivity index (χ4v) is 2.64. The molecule has 0 bridgehead atoms. The summed E-state index contributed by atoms with van der Waals surface area (Å²) in [6, 6.07) is 13.7. The van der Waals surface area contributed by atoms with Crippen LogP contribution in [-0.4, -0.2) is 20.6 Å². The summed E-state index contributed by atoms with van der Waals surface area (Å²) in [4.78, 5) is 16.0. The summed E-state index contributed by atoms with van der Waals surface area (Å²) in [5, 5.41) is 9.56. The Hall–Kier alpha value is -2.69. The zero-order valence-electron chi connectivity index (χ0n) is 12.0. The number of aliphatic carboxylic acids is 1. The molecule has 0 aliphatic rings. The van der Waals surface area contributed by atoms with Gasteiger partial charge in [0.25, 0.3) is 0 Å². The Morgan fingerprint density at radius 2 is 2.00 bits per heavy atom. The van der Waals surface area contributed by atoms with E-state index in [2.05, 4.69) is 4.98 Å². The first kappa shape index (κ1) is 14.3. The molecule has 1 aromatic heterocycles. The predicted octanol–water partition coefficient (Wildman–Crippen LogP) is 3.12. The van der Waals surface area contributed by atoms with Gasteiger partial charge in [-0.2, -0.15) is 0 Å². The lowest BCUT2D eigenvalue weighted by Gasteiger charge is -2.12. The molecule has 22 heavy (non-hydrogen) atoms. The molecule has 3 rings (SSSR count). The van der Waals surface area contributed by atoms with Crippen molar-refractivity contribution in [3.63, 3.8) is 0 Å². The third-order valence-corrected chi connectivity index (χ3v) is 3.77. The van der Waals surface area contributed by atoms with Gasteiger partial charge in [-0.15, -0.1) is 0 Å². The molecule has 0 saturated heterocycles. The van der Waals surface area contributed by atoms with Crippen molar-refractivity contribution in [3.8, 4) is 0 Å². The SMILES string of the molecule is Cn1c(C(Cc2ccccc2)C(=O)O)nc2cc(F)ccc21. The minimum Gasteiger partial charge on any atom is -0.481 e. The maximum absolute atomic E-state index is 13.3. The smallest absolute Gasteiger partial charge is 0.314 e. The Labute approximate surface area is 126 Å². The number of carbonyl (C=O) groups is 1. The summed E-state index contributed by atoms with van der Waals surface area (Å²) >= 11 is 0. The molecule has 1 atom stereocenters. The fourth-order valence-electron chi connectivity index (χ4n) is 2.64. The molecule has 5 heteroatoms. The minimum atomic E-state index is -0.942. The third-order valence-electron chi connectivity index (χ3n) is 3.77. The van der Waals surface area contributed by atoms with E-state index in [0.717, 1.165) is 11.1 Å². The van der Waals surface area contributed by atoms with E-state index in [0.29, 0.717) is 17.8 Å². The van der Waals surface area contributed by atoms with Gasteiger partial charge in [-0.25, -0.2) is 9.37 Å². The number of rotatable bonds is 4. The van der Waals surface area contributed by atoms with Crippen LogP contribution in [-0.2, 0) is 18.3 Å². The number of hydrogen-bond acceptors (Lipinski definition) is 2. The van der Waals surface area contributed by atoms with Gasteiger partial charge < -0.3 is 9.67 Å². The number of carboxylic acids is 1. The summed E-state index contributed by atoms with van der Waals surface area (Å²) in [7, 11) is 1.75. The van der Waals surface area contributed by atoms with Crippen molar-refractivity contribution in [3.05, 3.63) is 65.7 Å². The van der Waals surface area contributed by atoms with Crippen LogP contribution in [0.3, 0.4) is 0 Å². The van der Waals surface area contributed by atoms with Gasteiger partial charge in [-0.05, 0) is 24.1 Å². The molecule has 4 nitrogen and oxygen atoms in total. The van der Waals surface area contributed by atoms with Crippen LogP contribution < -0.4 is 0 Å². The van der Waals surface area contributed by atoms with Crippen LogP contribution >= 0.6 is 0 Å². The molecule has 112 valence electrons. The number of aryl methyl sites for hydroxylation is 1. The number of imidazole rings is 1. The Balaban J connectivity index is 2.05. The van der Waals surface area contributed by atoms with E-state index in [9.17, 15) is 14.3 Å². The summed E-state index contributed by atoms with van der Waals surface area (Å²) in [6.45, 7) is 0. The Morgan fingerprint density at radius 3 is 2.68 bits per heavy atom. The summed E-state index contributed by atoms with van der Waals surface area (Å²) < 4.78 is 15.0. The van der Waals surface area contributed by atoms with E-state index < -0.39 is 11.9 Å². The van der Waals surface area contributed by atoms with Gasteiger partial charge >= 0.3 is 5.97 Å². The van der Waals surface area contributed by atoms with Gasteiger partial charge in [0.1, 0.15) is 17.6 Å². The Kier molecular flexibility index (Phi) is 3.63. The molecule has 0 spiro atoms. The molecular formula is C17H15FN2O2. The van der Waals surface area contributed by atoms with Crippen LogP contribution in [0.4, 0.5) is 4.39 Å². The molecule has 2 aromatic carbocycles. The van der Waals surface area contributed by atoms with Crippen LogP contribution in [0.25, 0.3) is 11.0 Å². The van der Waals surface area contributed by atoms with Crippen LogP contribution in [0, 0.1) is 5.82 Å². The number of halogens is 1. The molecule has 3 aromatic rings. The molecule has 0 aliphatic heterocycles. The first-order valence-corrected chi connectivity index (χ1v) is 6.95. The summed E-state index contributed by atoms with van der Waals surface area (Å²) in [5.41, 5.74) is 2.11. The van der Waals surface area contributed by atoms with Crippen molar-refractivity contribution in [2.45, 2.75) is 12.3 Å². The zero-order valence-corrected chi connectivity index (χ0v) is 12.0. The van der Waals surface area contributed by atoms with E-state index in [-0.39, 0.29) is 5.82 Å². The molecule has 1 unspecified atom stereocenters. The lowest BCUT2D eigenvalue weighted by molar-refractivity contribution is -0.139. The largest absolute Gasteiger partial charge is 0.481 e. The second-order valence-corrected chi connectivity index (χ2v) is 5.24. The van der Waals surface area contributed by atoms with Gasteiger partial charge in [-0.1, -0.05) is 30.3 Å². The summed E-state index contributed by atoms with van der Waals surface area (Å²) in [5.74, 6) is -1.67. The topological polar surface area (TPSA) is 55.1 Å². The van der Waals surface area contributed by atoms with E-state index >= 15 is 0 Å². The number of benzene rings is 2. The highest BCUT2D eigenvalue weighted by atomic mass is 19.1. The molecule has 0 aliphatic carbocycles. The van der Waals surface area contributed by atoms with E-state index in [1.54, 1.807) is 17.7 Å². The van der Waals surface area contributed by atoms with Crippen molar-refractivity contribution in [1.29, 1.82) is 0 Å². The first-order chi connectivity index (χ1) is 10.6. The molecular weight excluding hydrogens is 283 g/mol. The predicted molar refractivity (Wildman–Crippen MR) is 81.2 cm³/mol. The van der Waals surface area contributed by atoms with E-state index in [1.807, 2.05) is 30.3 Å².